The second-order valence-electron chi connectivity index (χ2n) is 7.18. The normalized spacial score (nSPS) is 10.9. The van der Waals surface area contributed by atoms with E-state index in [9.17, 15) is 13.2 Å². The fourth-order valence-electron chi connectivity index (χ4n) is 3.08. The van der Waals surface area contributed by atoms with Gasteiger partial charge in [0.2, 0.25) is 10.0 Å². The van der Waals surface area contributed by atoms with Crippen LogP contribution in [0.1, 0.15) is 16.2 Å². The van der Waals surface area contributed by atoms with Crippen molar-refractivity contribution >= 4 is 39.8 Å². The largest absolute Gasteiger partial charge is 0.382 e. The Morgan fingerprint density at radius 2 is 1.74 bits per heavy atom. The SMILES string of the molecule is Cl.Nc1ncc(-c2ccc(S(=O)(=O)NCCc3ccccn3)cc2)nc1C(=O)Nc1cccnc1. The third kappa shape index (κ3) is 6.57. The third-order valence-corrected chi connectivity index (χ3v) is 6.27. The van der Waals surface area contributed by atoms with Gasteiger partial charge in [0.15, 0.2) is 11.5 Å². The first-order valence-corrected chi connectivity index (χ1v) is 11.7. The highest BCUT2D eigenvalue weighted by molar-refractivity contribution is 7.89. The number of halogens is 1. The molecule has 0 saturated heterocycles. The molecule has 0 aliphatic heterocycles. The van der Waals surface area contributed by atoms with Crippen LogP contribution in [0, 0.1) is 0 Å². The number of hydrogen-bond donors (Lipinski definition) is 3. The molecule has 4 aromatic rings. The molecule has 0 bridgehead atoms. The molecule has 35 heavy (non-hydrogen) atoms. The maximum absolute atomic E-state index is 12.6. The van der Waals surface area contributed by atoms with E-state index < -0.39 is 15.9 Å². The summed E-state index contributed by atoms with van der Waals surface area (Å²) in [7, 11) is -3.70. The Labute approximate surface area is 208 Å². The first-order valence-electron chi connectivity index (χ1n) is 10.3. The van der Waals surface area contributed by atoms with E-state index in [2.05, 4.69) is 30.0 Å². The molecular weight excluding hydrogens is 490 g/mol. The standard InChI is InChI=1S/C23H21N7O3S.ClH/c24-22-21(23(31)29-18-5-3-11-25-14-18)30-20(15-27-22)16-6-8-19(9-7-16)34(32,33)28-13-10-17-4-1-2-12-26-17;/h1-9,11-12,14-15,28H,10,13H2,(H2,24,27)(H,29,31);1H. The van der Waals surface area contributed by atoms with Crippen LogP contribution in [0.15, 0.2) is 84.3 Å². The van der Waals surface area contributed by atoms with Crippen LogP contribution >= 0.6 is 12.4 Å². The Morgan fingerprint density at radius 1 is 0.943 bits per heavy atom. The molecule has 1 amide bonds. The number of benzene rings is 1. The number of carbonyl (C=O) groups excluding carboxylic acids is 1. The summed E-state index contributed by atoms with van der Waals surface area (Å²) < 4.78 is 27.8. The lowest BCUT2D eigenvalue weighted by Gasteiger charge is -2.09. The second kappa shape index (κ2) is 11.5. The predicted octanol–water partition coefficient (Wildman–Crippen LogP) is 2.71. The molecule has 0 saturated carbocycles. The zero-order chi connectivity index (χ0) is 24.0. The van der Waals surface area contributed by atoms with Crippen molar-refractivity contribution in [1.29, 1.82) is 0 Å². The zero-order valence-electron chi connectivity index (χ0n) is 18.3. The molecule has 0 aliphatic rings. The summed E-state index contributed by atoms with van der Waals surface area (Å²) in [6.07, 6.45) is 6.64. The monoisotopic (exact) mass is 511 g/mol. The Bertz CT molecular complexity index is 1390. The Balaban J connectivity index is 0.00000342. The number of hydrogen-bond acceptors (Lipinski definition) is 8. The van der Waals surface area contributed by atoms with E-state index in [-0.39, 0.29) is 35.4 Å². The van der Waals surface area contributed by atoms with Gasteiger partial charge in [-0.1, -0.05) is 18.2 Å². The van der Waals surface area contributed by atoms with Crippen LogP contribution in [0.2, 0.25) is 0 Å². The average Bonchev–Trinajstić information content (AvgIpc) is 2.85. The van der Waals surface area contributed by atoms with E-state index in [0.29, 0.717) is 23.4 Å². The van der Waals surface area contributed by atoms with E-state index in [1.165, 1.54) is 24.5 Å². The van der Waals surface area contributed by atoms with Crippen LogP contribution in [-0.2, 0) is 16.4 Å². The Morgan fingerprint density at radius 3 is 2.43 bits per heavy atom. The van der Waals surface area contributed by atoms with Crippen LogP contribution in [0.4, 0.5) is 11.5 Å². The number of pyridine rings is 2. The molecule has 0 aliphatic carbocycles. The topological polar surface area (TPSA) is 153 Å². The summed E-state index contributed by atoms with van der Waals surface area (Å²) >= 11 is 0. The van der Waals surface area contributed by atoms with E-state index in [1.807, 2.05) is 12.1 Å². The highest BCUT2D eigenvalue weighted by Crippen LogP contribution is 2.21. The van der Waals surface area contributed by atoms with Crippen molar-refractivity contribution in [3.05, 3.63) is 90.8 Å². The molecule has 12 heteroatoms. The average molecular weight is 512 g/mol. The van der Waals surface area contributed by atoms with Crippen LogP contribution in [-0.4, -0.2) is 40.8 Å². The fourth-order valence-corrected chi connectivity index (χ4v) is 4.11. The van der Waals surface area contributed by atoms with Crippen molar-refractivity contribution in [1.82, 2.24) is 24.7 Å². The van der Waals surface area contributed by atoms with Crippen LogP contribution in [0.5, 0.6) is 0 Å². The molecule has 4 rings (SSSR count). The smallest absolute Gasteiger partial charge is 0.278 e. The number of nitrogens with two attached hydrogens (primary N) is 1. The van der Waals surface area contributed by atoms with Gasteiger partial charge in [-0.05, 0) is 36.4 Å². The number of sulfonamides is 1. The van der Waals surface area contributed by atoms with Crippen LogP contribution in [0.3, 0.4) is 0 Å². The molecule has 3 heterocycles. The maximum atomic E-state index is 12.6. The maximum Gasteiger partial charge on any atom is 0.278 e. The highest BCUT2D eigenvalue weighted by atomic mass is 35.5. The summed E-state index contributed by atoms with van der Waals surface area (Å²) in [5.41, 5.74) is 8.04. The van der Waals surface area contributed by atoms with Crippen molar-refractivity contribution < 1.29 is 13.2 Å². The number of anilines is 2. The molecule has 0 atom stereocenters. The molecule has 0 fully saturated rings. The van der Waals surface area contributed by atoms with E-state index in [0.717, 1.165) is 5.69 Å². The summed E-state index contributed by atoms with van der Waals surface area (Å²) in [4.78, 5) is 29.2. The zero-order valence-corrected chi connectivity index (χ0v) is 20.0. The molecule has 0 unspecified atom stereocenters. The predicted molar refractivity (Wildman–Crippen MR) is 134 cm³/mol. The molecule has 0 spiro atoms. The van der Waals surface area contributed by atoms with E-state index >= 15 is 0 Å². The summed E-state index contributed by atoms with van der Waals surface area (Å²) in [5, 5.41) is 2.66. The first kappa shape index (κ1) is 25.7. The third-order valence-electron chi connectivity index (χ3n) is 4.80. The molecule has 180 valence electrons. The fraction of sp³-hybridized carbons (Fsp3) is 0.0870. The Hall–Kier alpha value is -3.93. The Kier molecular flexibility index (Phi) is 8.42. The van der Waals surface area contributed by atoms with Crippen molar-refractivity contribution in [2.24, 2.45) is 0 Å². The molecule has 3 aromatic heterocycles. The van der Waals surface area contributed by atoms with Crippen LogP contribution in [0.25, 0.3) is 11.3 Å². The number of nitrogens with one attached hydrogen (secondary N) is 2. The molecular formula is C23H22ClN7O3S. The van der Waals surface area contributed by atoms with Gasteiger partial charge in [-0.3, -0.25) is 14.8 Å². The number of nitrogen functional groups attached to an aromatic ring is 1. The lowest BCUT2D eigenvalue weighted by molar-refractivity contribution is 0.102. The lowest BCUT2D eigenvalue weighted by atomic mass is 10.1. The van der Waals surface area contributed by atoms with Gasteiger partial charge in [0, 0.05) is 36.6 Å². The number of aromatic nitrogens is 4. The van der Waals surface area contributed by atoms with Gasteiger partial charge in [-0.25, -0.2) is 23.1 Å². The van der Waals surface area contributed by atoms with Gasteiger partial charge in [0.1, 0.15) is 0 Å². The number of rotatable bonds is 8. The molecule has 10 nitrogen and oxygen atoms in total. The minimum Gasteiger partial charge on any atom is -0.382 e. The van der Waals surface area contributed by atoms with Crippen molar-refractivity contribution in [2.75, 3.05) is 17.6 Å². The van der Waals surface area contributed by atoms with E-state index in [4.69, 9.17) is 5.73 Å². The van der Waals surface area contributed by atoms with Gasteiger partial charge >= 0.3 is 0 Å². The van der Waals surface area contributed by atoms with Crippen molar-refractivity contribution in [3.63, 3.8) is 0 Å². The lowest BCUT2D eigenvalue weighted by Crippen LogP contribution is -2.26. The first-order chi connectivity index (χ1) is 16.4. The second-order valence-corrected chi connectivity index (χ2v) is 8.95. The number of nitrogens with zero attached hydrogens (tertiary/aromatic N) is 4. The van der Waals surface area contributed by atoms with Crippen molar-refractivity contribution in [2.45, 2.75) is 11.3 Å². The van der Waals surface area contributed by atoms with Crippen molar-refractivity contribution in [3.8, 4) is 11.3 Å². The highest BCUT2D eigenvalue weighted by Gasteiger charge is 2.17. The van der Waals surface area contributed by atoms with Gasteiger partial charge < -0.3 is 11.1 Å². The molecule has 0 radical (unpaired) electrons. The van der Waals surface area contributed by atoms with Gasteiger partial charge in [0.25, 0.3) is 5.91 Å². The van der Waals surface area contributed by atoms with Gasteiger partial charge in [-0.2, -0.15) is 0 Å². The minimum absolute atomic E-state index is 0. The quantitative estimate of drug-likeness (QED) is 0.326. The number of amides is 1. The van der Waals surface area contributed by atoms with Crippen LogP contribution < -0.4 is 15.8 Å². The van der Waals surface area contributed by atoms with E-state index in [1.54, 1.807) is 42.7 Å². The molecule has 4 N–H and O–H groups in total. The summed E-state index contributed by atoms with van der Waals surface area (Å²) in [6, 6.07) is 15.0. The molecule has 1 aromatic carbocycles. The summed E-state index contributed by atoms with van der Waals surface area (Å²) in [5.74, 6) is -0.558. The summed E-state index contributed by atoms with van der Waals surface area (Å²) in [6.45, 7) is 0.222. The minimum atomic E-state index is -3.70. The van der Waals surface area contributed by atoms with Gasteiger partial charge in [-0.15, -0.1) is 12.4 Å². The number of carbonyl (C=O) groups is 1. The van der Waals surface area contributed by atoms with Gasteiger partial charge in [0.05, 0.1) is 28.7 Å².